The van der Waals surface area contributed by atoms with E-state index in [0.29, 0.717) is 23.5 Å². The largest absolute Gasteiger partial charge is 0.341 e. The van der Waals surface area contributed by atoms with Crippen molar-refractivity contribution in [1.29, 1.82) is 5.26 Å². The summed E-state index contributed by atoms with van der Waals surface area (Å²) in [5, 5.41) is 12.1. The standard InChI is InChI=1S/C16H20FN3O/c1-20(16(21)8-13-3-2-6-19-10-13)11-14-7-12(9-18)4-5-15(14)17/h4-5,7,13,19H,2-3,6,8,10-11H2,1H3. The van der Waals surface area contributed by atoms with Gasteiger partial charge in [0.05, 0.1) is 11.6 Å². The lowest BCUT2D eigenvalue weighted by Crippen LogP contribution is -2.35. The number of amides is 1. The van der Waals surface area contributed by atoms with E-state index in [1.807, 2.05) is 6.07 Å². The Kier molecular flexibility index (Phi) is 5.29. The molecule has 5 heteroatoms. The molecule has 1 unspecified atom stereocenters. The van der Waals surface area contributed by atoms with Crippen LogP contribution in [0.1, 0.15) is 30.4 Å². The van der Waals surface area contributed by atoms with Gasteiger partial charge in [0, 0.05) is 25.6 Å². The number of halogens is 1. The maximum Gasteiger partial charge on any atom is 0.222 e. The number of carbonyl (C=O) groups is 1. The lowest BCUT2D eigenvalue weighted by molar-refractivity contribution is -0.131. The van der Waals surface area contributed by atoms with Crippen molar-refractivity contribution in [1.82, 2.24) is 10.2 Å². The Labute approximate surface area is 124 Å². The summed E-state index contributed by atoms with van der Waals surface area (Å²) in [6.45, 7) is 2.09. The van der Waals surface area contributed by atoms with Crippen LogP contribution in [-0.4, -0.2) is 30.9 Å². The molecular weight excluding hydrogens is 269 g/mol. The van der Waals surface area contributed by atoms with Crippen LogP contribution in [0.15, 0.2) is 18.2 Å². The molecule has 1 N–H and O–H groups in total. The van der Waals surface area contributed by atoms with Gasteiger partial charge in [-0.3, -0.25) is 4.79 Å². The van der Waals surface area contributed by atoms with Crippen molar-refractivity contribution in [3.63, 3.8) is 0 Å². The molecule has 1 saturated heterocycles. The molecule has 0 radical (unpaired) electrons. The molecule has 0 spiro atoms. The third-order valence-corrected chi connectivity index (χ3v) is 3.87. The molecule has 1 aliphatic rings. The van der Waals surface area contributed by atoms with Crippen LogP contribution in [0.2, 0.25) is 0 Å². The third-order valence-electron chi connectivity index (χ3n) is 3.87. The summed E-state index contributed by atoms with van der Waals surface area (Å²) in [7, 11) is 1.68. The fourth-order valence-corrected chi connectivity index (χ4v) is 2.61. The minimum atomic E-state index is -0.381. The molecule has 1 atom stereocenters. The smallest absolute Gasteiger partial charge is 0.222 e. The number of nitrogens with one attached hydrogen (secondary N) is 1. The van der Waals surface area contributed by atoms with Gasteiger partial charge in [0.15, 0.2) is 0 Å². The summed E-state index contributed by atoms with van der Waals surface area (Å²) in [5.74, 6) is 0.00225. The van der Waals surface area contributed by atoms with Crippen molar-refractivity contribution in [2.24, 2.45) is 5.92 Å². The Bertz CT molecular complexity index is 547. The number of carbonyl (C=O) groups excluding carboxylic acids is 1. The molecule has 1 fully saturated rings. The van der Waals surface area contributed by atoms with Crippen LogP contribution in [-0.2, 0) is 11.3 Å². The van der Waals surface area contributed by atoms with E-state index in [0.717, 1.165) is 25.9 Å². The molecule has 0 bridgehead atoms. The lowest BCUT2D eigenvalue weighted by atomic mass is 9.95. The molecule has 21 heavy (non-hydrogen) atoms. The molecule has 1 aromatic carbocycles. The van der Waals surface area contributed by atoms with Gasteiger partial charge in [-0.1, -0.05) is 0 Å². The van der Waals surface area contributed by atoms with Crippen molar-refractivity contribution in [2.45, 2.75) is 25.8 Å². The van der Waals surface area contributed by atoms with Gasteiger partial charge in [-0.25, -0.2) is 4.39 Å². The molecule has 0 aromatic heterocycles. The van der Waals surface area contributed by atoms with E-state index in [1.54, 1.807) is 7.05 Å². The zero-order valence-corrected chi connectivity index (χ0v) is 12.2. The number of nitriles is 1. The first kappa shape index (κ1) is 15.5. The first-order chi connectivity index (χ1) is 10.1. The summed E-state index contributed by atoms with van der Waals surface area (Å²) in [6.07, 6.45) is 2.65. The van der Waals surface area contributed by atoms with Gasteiger partial charge >= 0.3 is 0 Å². The van der Waals surface area contributed by atoms with Crippen molar-refractivity contribution < 1.29 is 9.18 Å². The first-order valence-corrected chi connectivity index (χ1v) is 7.23. The molecule has 4 nitrogen and oxygen atoms in total. The molecule has 0 saturated carbocycles. The second-order valence-corrected chi connectivity index (χ2v) is 5.58. The van der Waals surface area contributed by atoms with Crippen molar-refractivity contribution >= 4 is 5.91 Å². The summed E-state index contributed by atoms with van der Waals surface area (Å²) in [5.41, 5.74) is 0.787. The molecule has 112 valence electrons. The van der Waals surface area contributed by atoms with E-state index in [1.165, 1.54) is 23.1 Å². The maximum atomic E-state index is 13.7. The number of hydrogen-bond acceptors (Lipinski definition) is 3. The predicted octanol–water partition coefficient (Wildman–Crippen LogP) is 2.05. The van der Waals surface area contributed by atoms with Gasteiger partial charge in [-0.15, -0.1) is 0 Å². The summed E-state index contributed by atoms with van der Waals surface area (Å²) in [6, 6.07) is 6.20. The highest BCUT2D eigenvalue weighted by Crippen LogP contribution is 2.17. The topological polar surface area (TPSA) is 56.1 Å². The van der Waals surface area contributed by atoms with Crippen LogP contribution < -0.4 is 5.32 Å². The Morgan fingerprint density at radius 2 is 2.38 bits per heavy atom. The monoisotopic (exact) mass is 289 g/mol. The number of benzene rings is 1. The van der Waals surface area contributed by atoms with Crippen molar-refractivity contribution in [2.75, 3.05) is 20.1 Å². The molecule has 1 heterocycles. The van der Waals surface area contributed by atoms with Crippen molar-refractivity contribution in [3.8, 4) is 6.07 Å². The highest BCUT2D eigenvalue weighted by atomic mass is 19.1. The predicted molar refractivity (Wildman–Crippen MR) is 77.8 cm³/mol. The fraction of sp³-hybridized carbons (Fsp3) is 0.500. The van der Waals surface area contributed by atoms with E-state index < -0.39 is 0 Å². The Balaban J connectivity index is 1.95. The fourth-order valence-electron chi connectivity index (χ4n) is 2.61. The normalized spacial score (nSPS) is 18.0. The first-order valence-electron chi connectivity index (χ1n) is 7.23. The minimum Gasteiger partial charge on any atom is -0.341 e. The third kappa shape index (κ3) is 4.27. The number of piperidine rings is 1. The van der Waals surface area contributed by atoms with Crippen LogP contribution in [0.4, 0.5) is 4.39 Å². The highest BCUT2D eigenvalue weighted by Gasteiger charge is 2.19. The van der Waals surface area contributed by atoms with Crippen LogP contribution in [0, 0.1) is 23.1 Å². The van der Waals surface area contributed by atoms with E-state index in [2.05, 4.69) is 5.32 Å². The second kappa shape index (κ2) is 7.19. The molecule has 1 amide bonds. The van der Waals surface area contributed by atoms with E-state index >= 15 is 0 Å². The second-order valence-electron chi connectivity index (χ2n) is 5.58. The number of hydrogen-bond donors (Lipinski definition) is 1. The lowest BCUT2D eigenvalue weighted by Gasteiger charge is -2.25. The molecule has 0 aliphatic carbocycles. The quantitative estimate of drug-likeness (QED) is 0.923. The Hall–Kier alpha value is -1.93. The number of rotatable bonds is 4. The average Bonchev–Trinajstić information content (AvgIpc) is 2.50. The summed E-state index contributed by atoms with van der Waals surface area (Å²) in [4.78, 5) is 13.7. The van der Waals surface area contributed by atoms with Crippen LogP contribution in [0.3, 0.4) is 0 Å². The SMILES string of the molecule is CN(Cc1cc(C#N)ccc1F)C(=O)CC1CCCNC1. The molecule has 1 aliphatic heterocycles. The minimum absolute atomic E-state index is 0.0189. The van der Waals surface area contributed by atoms with Crippen LogP contribution in [0.5, 0.6) is 0 Å². The zero-order chi connectivity index (χ0) is 15.2. The summed E-state index contributed by atoms with van der Waals surface area (Å²) >= 11 is 0. The molecular formula is C16H20FN3O. The van der Waals surface area contributed by atoms with Crippen molar-refractivity contribution in [3.05, 3.63) is 35.1 Å². The van der Waals surface area contributed by atoms with Crippen LogP contribution in [0.25, 0.3) is 0 Å². The van der Waals surface area contributed by atoms with Gasteiger partial charge in [0.1, 0.15) is 5.82 Å². The Morgan fingerprint density at radius 1 is 1.57 bits per heavy atom. The molecule has 1 aromatic rings. The number of nitrogens with zero attached hydrogens (tertiary/aromatic N) is 2. The van der Waals surface area contributed by atoms with Gasteiger partial charge in [0.25, 0.3) is 0 Å². The van der Waals surface area contributed by atoms with Gasteiger partial charge < -0.3 is 10.2 Å². The van der Waals surface area contributed by atoms with E-state index in [-0.39, 0.29) is 18.3 Å². The van der Waals surface area contributed by atoms with Crippen LogP contribution >= 0.6 is 0 Å². The van der Waals surface area contributed by atoms with Gasteiger partial charge in [-0.05, 0) is 50.0 Å². The summed E-state index contributed by atoms with van der Waals surface area (Å²) < 4.78 is 13.7. The zero-order valence-electron chi connectivity index (χ0n) is 12.2. The molecule has 2 rings (SSSR count). The highest BCUT2D eigenvalue weighted by molar-refractivity contribution is 5.76. The van der Waals surface area contributed by atoms with Gasteiger partial charge in [-0.2, -0.15) is 5.26 Å². The van der Waals surface area contributed by atoms with E-state index in [4.69, 9.17) is 5.26 Å². The Morgan fingerprint density at radius 3 is 3.05 bits per heavy atom. The maximum absolute atomic E-state index is 13.7. The van der Waals surface area contributed by atoms with Gasteiger partial charge in [0.2, 0.25) is 5.91 Å². The van der Waals surface area contributed by atoms with E-state index in [9.17, 15) is 9.18 Å². The average molecular weight is 289 g/mol.